The highest BCUT2D eigenvalue weighted by Crippen LogP contribution is 2.45. The minimum absolute atomic E-state index is 0.913. The molecule has 232 valence electrons. The molecule has 0 saturated carbocycles. The summed E-state index contributed by atoms with van der Waals surface area (Å²) in [5.41, 5.74) is 13.5. The van der Waals surface area contributed by atoms with Crippen molar-refractivity contribution in [2.24, 2.45) is 0 Å². The summed E-state index contributed by atoms with van der Waals surface area (Å²) in [5.74, 6) is 0. The predicted octanol–water partition coefficient (Wildman–Crippen LogP) is 13.5. The fourth-order valence-electron chi connectivity index (χ4n) is 7.19. The van der Waals surface area contributed by atoms with Gasteiger partial charge in [0.2, 0.25) is 0 Å². The zero-order chi connectivity index (χ0) is 32.7. The van der Waals surface area contributed by atoms with E-state index in [0.717, 1.165) is 55.3 Å². The van der Waals surface area contributed by atoms with E-state index >= 15 is 0 Å². The molecule has 9 aromatic rings. The Morgan fingerprint density at radius 3 is 1.67 bits per heavy atom. The minimum atomic E-state index is 0.913. The van der Waals surface area contributed by atoms with Gasteiger partial charge in [-0.25, -0.2) is 0 Å². The average molecular weight is 628 g/mol. The van der Waals surface area contributed by atoms with Gasteiger partial charge < -0.3 is 9.32 Å². The fraction of sp³-hybridized carbons (Fsp3) is 0.0213. The number of nitrogens with zero attached hydrogens (tertiary/aromatic N) is 1. The Hall–Kier alpha value is -6.38. The quantitative estimate of drug-likeness (QED) is 0.182. The molecule has 0 aliphatic heterocycles. The van der Waals surface area contributed by atoms with Crippen LogP contribution in [0.2, 0.25) is 0 Å². The highest BCUT2D eigenvalue weighted by Gasteiger charge is 2.21. The van der Waals surface area contributed by atoms with Crippen molar-refractivity contribution < 1.29 is 4.42 Å². The van der Waals surface area contributed by atoms with Crippen molar-refractivity contribution in [3.63, 3.8) is 0 Å². The van der Waals surface area contributed by atoms with E-state index in [1.807, 2.05) is 0 Å². The number of anilines is 3. The number of hydrogen-bond donors (Lipinski definition) is 0. The molecule has 0 N–H and O–H groups in total. The summed E-state index contributed by atoms with van der Waals surface area (Å²) in [7, 11) is 0. The molecule has 0 unspecified atom stereocenters. The molecule has 1 aromatic heterocycles. The topological polar surface area (TPSA) is 16.4 Å². The van der Waals surface area contributed by atoms with E-state index in [1.54, 1.807) is 0 Å². The zero-order valence-electron chi connectivity index (χ0n) is 27.2. The molecule has 0 radical (unpaired) electrons. The summed E-state index contributed by atoms with van der Waals surface area (Å²) in [6.07, 6.45) is 0. The molecule has 0 aliphatic carbocycles. The number of fused-ring (bicyclic) bond motifs is 5. The first-order valence-electron chi connectivity index (χ1n) is 16.8. The van der Waals surface area contributed by atoms with Gasteiger partial charge in [-0.15, -0.1) is 0 Å². The zero-order valence-corrected chi connectivity index (χ0v) is 27.2. The van der Waals surface area contributed by atoms with Gasteiger partial charge in [-0.05, 0) is 88.3 Å². The third kappa shape index (κ3) is 5.15. The van der Waals surface area contributed by atoms with Crippen LogP contribution in [0.15, 0.2) is 186 Å². The van der Waals surface area contributed by atoms with E-state index in [9.17, 15) is 0 Å². The minimum Gasteiger partial charge on any atom is -0.455 e. The molecule has 2 nitrogen and oxygen atoms in total. The van der Waals surface area contributed by atoms with E-state index in [2.05, 4.69) is 194 Å². The van der Waals surface area contributed by atoms with Crippen LogP contribution >= 0.6 is 0 Å². The number of hydrogen-bond acceptors (Lipinski definition) is 2. The molecular formula is C47H33NO. The number of furan rings is 1. The van der Waals surface area contributed by atoms with Gasteiger partial charge >= 0.3 is 0 Å². The van der Waals surface area contributed by atoms with Crippen molar-refractivity contribution >= 4 is 49.8 Å². The van der Waals surface area contributed by atoms with Crippen molar-refractivity contribution in [2.45, 2.75) is 6.92 Å². The van der Waals surface area contributed by atoms with Gasteiger partial charge in [-0.3, -0.25) is 0 Å². The summed E-state index contributed by atoms with van der Waals surface area (Å²) in [6.45, 7) is 2.17. The first kappa shape index (κ1) is 28.8. The van der Waals surface area contributed by atoms with Crippen LogP contribution in [0.4, 0.5) is 17.1 Å². The van der Waals surface area contributed by atoms with Crippen LogP contribution in [0, 0.1) is 6.92 Å². The summed E-state index contributed by atoms with van der Waals surface area (Å²) in [6, 6.07) is 65.0. The summed E-state index contributed by atoms with van der Waals surface area (Å²) < 4.78 is 6.56. The normalized spacial score (nSPS) is 11.4. The molecule has 0 fully saturated rings. The largest absolute Gasteiger partial charge is 0.455 e. The molecule has 8 aromatic carbocycles. The molecular weight excluding hydrogens is 595 g/mol. The smallest absolute Gasteiger partial charge is 0.143 e. The van der Waals surface area contributed by atoms with Crippen molar-refractivity contribution in [1.29, 1.82) is 0 Å². The van der Waals surface area contributed by atoms with Gasteiger partial charge in [0.15, 0.2) is 0 Å². The molecule has 0 atom stereocenters. The standard InChI is InChI=1S/C47H33NO/c1-32-13-10-24-45-46(32)43-31-44(41-22-8-9-23-42(41)47(43)49-45)48(39-27-25-35(26-28-39)33-14-4-2-5-15-33)40-21-12-20-38(30-40)37-19-11-18-36(29-37)34-16-6-3-7-17-34/h2-31H,1H3. The van der Waals surface area contributed by atoms with Crippen molar-refractivity contribution in [3.8, 4) is 33.4 Å². The third-order valence-electron chi connectivity index (χ3n) is 9.57. The first-order chi connectivity index (χ1) is 24.2. The molecule has 0 aliphatic rings. The summed E-state index contributed by atoms with van der Waals surface area (Å²) in [4.78, 5) is 2.40. The van der Waals surface area contributed by atoms with Crippen LogP contribution in [0.25, 0.3) is 66.1 Å². The lowest BCUT2D eigenvalue weighted by Gasteiger charge is -2.28. The maximum atomic E-state index is 6.56. The van der Waals surface area contributed by atoms with Gasteiger partial charge in [0.05, 0.1) is 5.69 Å². The monoisotopic (exact) mass is 627 g/mol. The summed E-state index contributed by atoms with van der Waals surface area (Å²) in [5, 5.41) is 4.52. The van der Waals surface area contributed by atoms with Crippen molar-refractivity contribution in [2.75, 3.05) is 4.90 Å². The molecule has 9 rings (SSSR count). The predicted molar refractivity (Wildman–Crippen MR) is 207 cm³/mol. The Morgan fingerprint density at radius 1 is 0.388 bits per heavy atom. The van der Waals surface area contributed by atoms with E-state index in [1.165, 1.54) is 33.4 Å². The molecule has 1 heterocycles. The molecule has 49 heavy (non-hydrogen) atoms. The number of benzene rings is 8. The highest BCUT2D eigenvalue weighted by atomic mass is 16.3. The summed E-state index contributed by atoms with van der Waals surface area (Å²) >= 11 is 0. The Balaban J connectivity index is 1.27. The van der Waals surface area contributed by atoms with Gasteiger partial charge in [-0.2, -0.15) is 0 Å². The van der Waals surface area contributed by atoms with Gasteiger partial charge in [-0.1, -0.05) is 140 Å². The van der Waals surface area contributed by atoms with Crippen LogP contribution in [-0.4, -0.2) is 0 Å². The van der Waals surface area contributed by atoms with Crippen LogP contribution in [-0.2, 0) is 0 Å². The maximum absolute atomic E-state index is 6.56. The van der Waals surface area contributed by atoms with Gasteiger partial charge in [0.1, 0.15) is 11.2 Å². The van der Waals surface area contributed by atoms with E-state index < -0.39 is 0 Å². The third-order valence-corrected chi connectivity index (χ3v) is 9.57. The van der Waals surface area contributed by atoms with E-state index in [-0.39, 0.29) is 0 Å². The second-order valence-corrected chi connectivity index (χ2v) is 12.6. The Labute approximate surface area is 286 Å². The maximum Gasteiger partial charge on any atom is 0.143 e. The molecule has 2 heteroatoms. The van der Waals surface area contributed by atoms with Crippen molar-refractivity contribution in [1.82, 2.24) is 0 Å². The van der Waals surface area contributed by atoms with Crippen LogP contribution in [0.1, 0.15) is 5.56 Å². The Bertz CT molecular complexity index is 2600. The van der Waals surface area contributed by atoms with Crippen LogP contribution < -0.4 is 4.90 Å². The van der Waals surface area contributed by atoms with E-state index in [0.29, 0.717) is 0 Å². The fourth-order valence-corrected chi connectivity index (χ4v) is 7.19. The van der Waals surface area contributed by atoms with Gasteiger partial charge in [0.25, 0.3) is 0 Å². The first-order valence-corrected chi connectivity index (χ1v) is 16.8. The molecule has 0 saturated heterocycles. The lowest BCUT2D eigenvalue weighted by Crippen LogP contribution is -2.10. The second-order valence-electron chi connectivity index (χ2n) is 12.6. The second kappa shape index (κ2) is 12.0. The number of rotatable bonds is 6. The molecule has 0 amide bonds. The van der Waals surface area contributed by atoms with Crippen LogP contribution in [0.3, 0.4) is 0 Å². The lowest BCUT2D eigenvalue weighted by atomic mass is 9.98. The Kier molecular flexibility index (Phi) is 7.06. The van der Waals surface area contributed by atoms with E-state index in [4.69, 9.17) is 4.42 Å². The molecule has 0 bridgehead atoms. The highest BCUT2D eigenvalue weighted by molar-refractivity contribution is 6.20. The molecule has 0 spiro atoms. The Morgan fingerprint density at radius 2 is 0.939 bits per heavy atom. The SMILES string of the molecule is Cc1cccc2oc3c4ccccc4c(N(c4ccc(-c5ccccc5)cc4)c4cccc(-c5cccc(-c6ccccc6)c5)c4)cc3c12. The van der Waals surface area contributed by atoms with Crippen LogP contribution in [0.5, 0.6) is 0 Å². The van der Waals surface area contributed by atoms with Crippen molar-refractivity contribution in [3.05, 3.63) is 188 Å². The lowest BCUT2D eigenvalue weighted by molar-refractivity contribution is 0.672. The number of aryl methyl sites for hydroxylation is 1. The average Bonchev–Trinajstić information content (AvgIpc) is 3.56. The van der Waals surface area contributed by atoms with Gasteiger partial charge in [0, 0.05) is 32.9 Å².